The lowest BCUT2D eigenvalue weighted by Gasteiger charge is -2.32. The molecular weight excluding hydrogens is 444 g/mol. The summed E-state index contributed by atoms with van der Waals surface area (Å²) < 4.78 is 33.0. The number of ether oxygens (including phenoxy) is 6. The van der Waals surface area contributed by atoms with Crippen molar-refractivity contribution in [3.63, 3.8) is 0 Å². The van der Waals surface area contributed by atoms with Gasteiger partial charge in [0.2, 0.25) is 0 Å². The lowest BCUT2D eigenvalue weighted by atomic mass is 9.71. The first kappa shape index (κ1) is 23.7. The fourth-order valence-corrected chi connectivity index (χ4v) is 3.79. The zero-order chi connectivity index (χ0) is 24.3. The number of epoxide rings is 3. The second-order valence-corrected chi connectivity index (χ2v) is 9.30. The van der Waals surface area contributed by atoms with Gasteiger partial charge in [0.25, 0.3) is 0 Å². The maximum atomic E-state index is 5.83. The predicted octanol–water partition coefficient (Wildman–Crippen LogP) is 4.59. The van der Waals surface area contributed by atoms with E-state index >= 15 is 0 Å². The van der Waals surface area contributed by atoms with Crippen molar-refractivity contribution in [3.8, 4) is 11.5 Å². The fraction of sp³-hybridized carbons (Fsp3) is 0.379. The first-order valence-electron chi connectivity index (χ1n) is 12.0. The number of hydrogen-bond acceptors (Lipinski definition) is 6. The second kappa shape index (κ2) is 10.3. The summed E-state index contributed by atoms with van der Waals surface area (Å²) in [5.41, 5.74) is 2.61. The van der Waals surface area contributed by atoms with Crippen LogP contribution in [0.15, 0.2) is 85.2 Å². The highest BCUT2D eigenvalue weighted by Crippen LogP contribution is 2.40. The third-order valence-electron chi connectivity index (χ3n) is 6.51. The molecular formula is C29H32O6. The summed E-state index contributed by atoms with van der Waals surface area (Å²) in [6.07, 6.45) is 4.47. The van der Waals surface area contributed by atoms with Gasteiger partial charge in [0.1, 0.15) is 55.4 Å². The van der Waals surface area contributed by atoms with Gasteiger partial charge in [-0.05, 0) is 54.0 Å². The van der Waals surface area contributed by atoms with Crippen molar-refractivity contribution >= 4 is 0 Å². The molecule has 6 nitrogen and oxygen atoms in total. The number of rotatable bonds is 14. The Labute approximate surface area is 206 Å². The van der Waals surface area contributed by atoms with Gasteiger partial charge in [-0.1, -0.05) is 43.5 Å². The molecule has 3 heterocycles. The molecule has 0 bridgehead atoms. The summed E-state index contributed by atoms with van der Waals surface area (Å²) in [5, 5.41) is 0. The van der Waals surface area contributed by atoms with Gasteiger partial charge in [0.15, 0.2) is 0 Å². The minimum absolute atomic E-state index is 0.188. The van der Waals surface area contributed by atoms with E-state index in [-0.39, 0.29) is 18.3 Å². The van der Waals surface area contributed by atoms with Gasteiger partial charge in [0.05, 0.1) is 19.8 Å². The van der Waals surface area contributed by atoms with Crippen LogP contribution < -0.4 is 9.47 Å². The Hall–Kier alpha value is -3.06. The lowest BCUT2D eigenvalue weighted by Crippen LogP contribution is -2.25. The molecule has 0 saturated carbocycles. The first-order chi connectivity index (χ1) is 17.0. The van der Waals surface area contributed by atoms with Crippen LogP contribution in [-0.4, -0.2) is 58.0 Å². The van der Waals surface area contributed by atoms with Crippen LogP contribution in [0.4, 0.5) is 0 Å². The minimum Gasteiger partial charge on any atom is -0.491 e. The Morgan fingerprint density at radius 2 is 1.20 bits per heavy atom. The van der Waals surface area contributed by atoms with E-state index in [2.05, 4.69) is 44.3 Å². The van der Waals surface area contributed by atoms with Crippen molar-refractivity contribution in [2.24, 2.45) is 0 Å². The van der Waals surface area contributed by atoms with Gasteiger partial charge < -0.3 is 28.4 Å². The van der Waals surface area contributed by atoms with E-state index in [0.29, 0.717) is 25.6 Å². The maximum absolute atomic E-state index is 5.83. The van der Waals surface area contributed by atoms with E-state index < -0.39 is 5.41 Å². The van der Waals surface area contributed by atoms with Crippen LogP contribution in [0.25, 0.3) is 0 Å². The summed E-state index contributed by atoms with van der Waals surface area (Å²) in [7, 11) is 0. The Kier molecular flexibility index (Phi) is 6.95. The van der Waals surface area contributed by atoms with Gasteiger partial charge in [0, 0.05) is 5.41 Å². The molecule has 0 N–H and O–H groups in total. The molecule has 6 heteroatoms. The van der Waals surface area contributed by atoms with Gasteiger partial charge in [-0.2, -0.15) is 0 Å². The first-order valence-corrected chi connectivity index (χ1v) is 12.0. The number of benzene rings is 2. The Morgan fingerprint density at radius 3 is 1.63 bits per heavy atom. The SMILES string of the molecule is C=C(/C=C\C(=C)C(C)(c1ccc(OCC2CO2)cc1)c1ccc(OCC2CO2)cc1)OCC1CO1. The average Bonchev–Trinajstić information content (AvgIpc) is 3.73. The summed E-state index contributed by atoms with van der Waals surface area (Å²) >= 11 is 0. The molecule has 0 spiro atoms. The quantitative estimate of drug-likeness (QED) is 0.226. The Bertz CT molecular complexity index is 1000. The molecule has 0 aromatic heterocycles. The molecule has 3 atom stereocenters. The van der Waals surface area contributed by atoms with Gasteiger partial charge in [-0.3, -0.25) is 0 Å². The highest BCUT2D eigenvalue weighted by atomic mass is 16.6. The van der Waals surface area contributed by atoms with E-state index in [1.54, 1.807) is 0 Å². The van der Waals surface area contributed by atoms with Crippen LogP contribution in [0.2, 0.25) is 0 Å². The smallest absolute Gasteiger partial charge is 0.119 e. The zero-order valence-corrected chi connectivity index (χ0v) is 20.1. The second-order valence-electron chi connectivity index (χ2n) is 9.30. The molecule has 35 heavy (non-hydrogen) atoms. The summed E-state index contributed by atoms with van der Waals surface area (Å²) in [5.74, 6) is 2.23. The van der Waals surface area contributed by atoms with Crippen LogP contribution in [0.1, 0.15) is 18.1 Å². The molecule has 0 amide bonds. The van der Waals surface area contributed by atoms with E-state index in [1.165, 1.54) is 0 Å². The molecule has 2 aromatic rings. The highest BCUT2D eigenvalue weighted by Gasteiger charge is 2.32. The molecule has 0 aliphatic carbocycles. The van der Waals surface area contributed by atoms with Gasteiger partial charge >= 0.3 is 0 Å². The molecule has 2 aromatic carbocycles. The van der Waals surface area contributed by atoms with Crippen LogP contribution in [0, 0.1) is 0 Å². The average molecular weight is 477 g/mol. The van der Waals surface area contributed by atoms with Crippen LogP contribution >= 0.6 is 0 Å². The van der Waals surface area contributed by atoms with E-state index in [9.17, 15) is 0 Å². The Balaban J connectivity index is 1.34. The van der Waals surface area contributed by atoms with Crippen molar-refractivity contribution in [2.75, 3.05) is 39.6 Å². The minimum atomic E-state index is -0.493. The summed E-state index contributed by atoms with van der Waals surface area (Å²) in [4.78, 5) is 0. The van der Waals surface area contributed by atoms with Crippen molar-refractivity contribution in [3.05, 3.63) is 96.3 Å². The maximum Gasteiger partial charge on any atom is 0.119 e. The monoisotopic (exact) mass is 476 g/mol. The predicted molar refractivity (Wildman–Crippen MR) is 133 cm³/mol. The van der Waals surface area contributed by atoms with Crippen molar-refractivity contribution in [1.82, 2.24) is 0 Å². The summed E-state index contributed by atoms with van der Waals surface area (Å²) in [6, 6.07) is 16.4. The molecule has 5 rings (SSSR count). The van der Waals surface area contributed by atoms with E-state index in [1.807, 2.05) is 36.4 Å². The molecule has 3 saturated heterocycles. The van der Waals surface area contributed by atoms with Gasteiger partial charge in [-0.25, -0.2) is 0 Å². The zero-order valence-electron chi connectivity index (χ0n) is 20.1. The summed E-state index contributed by atoms with van der Waals surface area (Å²) in [6.45, 7) is 14.6. The van der Waals surface area contributed by atoms with Crippen molar-refractivity contribution < 1.29 is 28.4 Å². The Morgan fingerprint density at radius 1 is 0.771 bits per heavy atom. The molecule has 3 aliphatic heterocycles. The normalized spacial score (nSPS) is 23.9. The van der Waals surface area contributed by atoms with E-state index in [0.717, 1.165) is 48.0 Å². The topological polar surface area (TPSA) is 65.3 Å². The molecule has 3 unspecified atom stereocenters. The van der Waals surface area contributed by atoms with Crippen molar-refractivity contribution in [1.29, 1.82) is 0 Å². The van der Waals surface area contributed by atoms with Crippen LogP contribution in [0.5, 0.6) is 11.5 Å². The third kappa shape index (κ3) is 6.34. The van der Waals surface area contributed by atoms with Crippen LogP contribution in [0.3, 0.4) is 0 Å². The van der Waals surface area contributed by atoms with Crippen LogP contribution in [-0.2, 0) is 24.4 Å². The fourth-order valence-electron chi connectivity index (χ4n) is 3.79. The number of allylic oxidation sites excluding steroid dienone is 3. The molecule has 3 fully saturated rings. The van der Waals surface area contributed by atoms with Crippen molar-refractivity contribution in [2.45, 2.75) is 30.7 Å². The lowest BCUT2D eigenvalue weighted by molar-refractivity contribution is 0.194. The largest absolute Gasteiger partial charge is 0.491 e. The molecule has 184 valence electrons. The molecule has 0 radical (unpaired) electrons. The third-order valence-corrected chi connectivity index (χ3v) is 6.51. The highest BCUT2D eigenvalue weighted by molar-refractivity contribution is 5.52. The van der Waals surface area contributed by atoms with Gasteiger partial charge in [-0.15, -0.1) is 0 Å². The standard InChI is InChI=1S/C29H32O6/c1-20(4-5-21(2)30-14-26-17-33-26)29(3,22-6-10-24(11-7-22)31-15-27-18-34-27)23-8-12-25(13-9-23)32-16-28-19-35-28/h4-13,26-28H,1-2,14-19H2,3H3/b5-4-. The van der Waals surface area contributed by atoms with E-state index in [4.69, 9.17) is 28.4 Å². The molecule has 3 aliphatic rings. The number of hydrogen-bond donors (Lipinski definition) is 0.